The summed E-state index contributed by atoms with van der Waals surface area (Å²) in [6, 6.07) is 44.5. The van der Waals surface area contributed by atoms with Crippen LogP contribution >= 0.6 is 0 Å². The molecule has 0 bridgehead atoms. The predicted octanol–water partition coefficient (Wildman–Crippen LogP) is 18.8. The predicted molar refractivity (Wildman–Crippen MR) is 412 cm³/mol. The Labute approximate surface area is 655 Å². The molecular weight excluding hydrogens is 1520 g/mol. The number of pyridine rings is 4. The van der Waals surface area contributed by atoms with E-state index in [1.54, 1.807) is 163 Å². The fraction of sp³-hybridized carbons (Fsp3) is 0.176. The van der Waals surface area contributed by atoms with Gasteiger partial charge < -0.3 is 20.7 Å². The molecule has 116 heavy (non-hydrogen) atoms. The summed E-state index contributed by atoms with van der Waals surface area (Å²) in [6.07, 6.45) is -4.69. The molecule has 3 N–H and O–H groups in total. The van der Waals surface area contributed by atoms with Crippen molar-refractivity contribution in [3.63, 3.8) is 0 Å². The normalized spacial score (nSPS) is 14.3. The van der Waals surface area contributed by atoms with Gasteiger partial charge in [-0.15, -0.1) is 13.2 Å². The summed E-state index contributed by atoms with van der Waals surface area (Å²) in [7, 11) is 0. The van der Waals surface area contributed by atoms with Gasteiger partial charge in [0.05, 0.1) is 50.0 Å². The maximum atomic E-state index is 14.0. The first-order valence-electron chi connectivity index (χ1n) is 35.5. The highest BCUT2D eigenvalue weighted by atomic mass is 19.4. The molecule has 0 saturated heterocycles. The second-order valence-electron chi connectivity index (χ2n) is 28.6. The average molecular weight is 1590 g/mol. The van der Waals surface area contributed by atoms with E-state index in [4.69, 9.17) is 0 Å². The van der Waals surface area contributed by atoms with Crippen LogP contribution in [-0.2, 0) is 43.0 Å². The van der Waals surface area contributed by atoms with E-state index in [9.17, 15) is 72.7 Å². The number of hydrogen-bond donors (Lipinski definition) is 3. The van der Waals surface area contributed by atoms with Gasteiger partial charge in [0.15, 0.2) is 5.69 Å². The molecule has 0 spiro atoms. The first-order valence-corrected chi connectivity index (χ1v) is 35.5. The molecule has 6 aromatic heterocycles. The minimum absolute atomic E-state index is 0.0100. The van der Waals surface area contributed by atoms with E-state index in [0.717, 1.165) is 41.6 Å². The van der Waals surface area contributed by atoms with Gasteiger partial charge >= 0.3 is 18.7 Å². The standard InChI is InChI=1S/C29H23F3N4O3.C28H21F4N5O2.C28H22F3N5O2/c1-17-8-11-19(12-9-17)35-25(37)21-16-18(10-13-23(21)39-29(30,31)32)20-6-4-7-22-24(20)28(2,3)26(38)36(22)27-33-14-5-15-34-27;1-15-7-8-17(13-20(15)29)36-25(38)19-12-16(14-35-23(19)28(30,31)32)18-9-11-34-24-22(18)27(2,3)26(39)37(24)21-6-4-5-10-33-21;1-16-8-10-17(11-9-16)34-24(37)23-19(28(29,30)31)12-13-20(35-23)18-6-4-7-21-22(18)27(2,3)25(38)36(21)26-32-14-5-15-33-26/h4-16H,1-3H3,(H,35,37);4-14H,1-3H3,(H,36,38);4-15H,1-3H3,(H,34,37). The largest absolute Gasteiger partial charge is 0.573 e. The first kappa shape index (κ1) is 80.1. The highest BCUT2D eigenvalue weighted by molar-refractivity contribution is 6.16. The Morgan fingerprint density at radius 2 is 0.931 bits per heavy atom. The van der Waals surface area contributed by atoms with Crippen molar-refractivity contribution in [2.45, 2.75) is 97.3 Å². The number of aryl methyl sites for hydroxylation is 3. The lowest BCUT2D eigenvalue weighted by Crippen LogP contribution is -2.34. The van der Waals surface area contributed by atoms with Gasteiger partial charge in [-0.2, -0.15) is 26.3 Å². The van der Waals surface area contributed by atoms with Crippen molar-refractivity contribution in [1.29, 1.82) is 0 Å². The molecule has 0 radical (unpaired) electrons. The van der Waals surface area contributed by atoms with Crippen LogP contribution in [0.4, 0.5) is 95.9 Å². The minimum atomic E-state index is -5.00. The zero-order valence-electron chi connectivity index (χ0n) is 62.8. The van der Waals surface area contributed by atoms with Gasteiger partial charge in [0.2, 0.25) is 29.6 Å². The average Bonchev–Trinajstić information content (AvgIpc) is 1.58. The molecule has 31 heteroatoms. The maximum Gasteiger partial charge on any atom is 0.573 e. The number of amides is 6. The number of aromatic nitrogens is 8. The molecule has 0 atom stereocenters. The van der Waals surface area contributed by atoms with Gasteiger partial charge in [-0.3, -0.25) is 33.8 Å². The number of fused-ring (bicyclic) bond motifs is 3. The molecule has 6 aromatic carbocycles. The Hall–Kier alpha value is -14.0. The van der Waals surface area contributed by atoms with Crippen molar-refractivity contribution in [2.75, 3.05) is 30.7 Å². The zero-order valence-corrected chi connectivity index (χ0v) is 62.8. The quantitative estimate of drug-likeness (QED) is 0.0907. The Bertz CT molecular complexity index is 5880. The van der Waals surface area contributed by atoms with Crippen LogP contribution in [0.2, 0.25) is 0 Å². The van der Waals surface area contributed by atoms with Crippen molar-refractivity contribution < 1.29 is 77.4 Å². The fourth-order valence-electron chi connectivity index (χ4n) is 13.7. The number of alkyl halides is 9. The SMILES string of the molecule is Cc1ccc(NC(=O)c2cc(-c3cccc4c3C(C)(C)C(=O)N4c3ncccn3)ccc2OC(F)(F)F)cc1.Cc1ccc(NC(=O)c2cc(-c3ccnc4c3C(C)(C)C(=O)N4c3ccccn3)cnc2C(F)(F)F)cc1F.Cc1ccc(NC(=O)c2nc(-c3cccc4c3C(C)(C)C(=O)N4c3ncccn3)ccc2C(F)(F)F)cc1. The number of carbonyl (C=O) groups excluding carboxylic acids is 6. The topological polar surface area (TPSA) is 261 Å². The van der Waals surface area contributed by atoms with Crippen molar-refractivity contribution in [3.8, 4) is 39.3 Å². The second-order valence-corrected chi connectivity index (χ2v) is 28.6. The number of halogens is 10. The summed E-state index contributed by atoms with van der Waals surface area (Å²) >= 11 is 0. The van der Waals surface area contributed by atoms with Gasteiger partial charge in [-0.25, -0.2) is 54.0 Å². The van der Waals surface area contributed by atoms with Crippen LogP contribution < -0.4 is 35.4 Å². The lowest BCUT2D eigenvalue weighted by atomic mass is 9.81. The summed E-state index contributed by atoms with van der Waals surface area (Å²) in [4.78, 5) is 117. The molecular formula is C85H66F10N14O7. The molecule has 21 nitrogen and oxygen atoms in total. The molecule has 3 aliphatic rings. The molecule has 6 amide bonds. The van der Waals surface area contributed by atoms with E-state index in [1.165, 1.54) is 89.1 Å². The summed E-state index contributed by atoms with van der Waals surface area (Å²) in [6.45, 7) is 15.6. The van der Waals surface area contributed by atoms with Crippen LogP contribution in [0.3, 0.4) is 0 Å². The van der Waals surface area contributed by atoms with E-state index < -0.39 is 86.8 Å². The molecule has 0 unspecified atom stereocenters. The third kappa shape index (κ3) is 15.8. The first-order chi connectivity index (χ1) is 54.8. The number of hydrogen-bond acceptors (Lipinski definition) is 15. The second kappa shape index (κ2) is 30.8. The van der Waals surface area contributed by atoms with E-state index in [2.05, 4.69) is 60.6 Å². The third-order valence-corrected chi connectivity index (χ3v) is 19.4. The van der Waals surface area contributed by atoms with Crippen molar-refractivity contribution in [2.24, 2.45) is 0 Å². The molecule has 12 aromatic rings. The van der Waals surface area contributed by atoms with Crippen molar-refractivity contribution in [3.05, 3.63) is 287 Å². The van der Waals surface area contributed by atoms with Gasteiger partial charge in [-0.1, -0.05) is 77.9 Å². The third-order valence-electron chi connectivity index (χ3n) is 19.4. The van der Waals surface area contributed by atoms with E-state index in [1.807, 2.05) is 13.8 Å². The van der Waals surface area contributed by atoms with Crippen LogP contribution in [0.25, 0.3) is 33.5 Å². The molecule has 0 saturated carbocycles. The summed E-state index contributed by atoms with van der Waals surface area (Å²) < 4.78 is 141. The lowest BCUT2D eigenvalue weighted by molar-refractivity contribution is -0.274. The number of carbonyl (C=O) groups is 6. The molecule has 9 heterocycles. The van der Waals surface area contributed by atoms with Gasteiger partial charge in [0, 0.05) is 82.7 Å². The number of ether oxygens (including phenoxy) is 1. The Morgan fingerprint density at radius 3 is 1.47 bits per heavy atom. The molecule has 0 aliphatic carbocycles. The Morgan fingerprint density at radius 1 is 0.431 bits per heavy atom. The van der Waals surface area contributed by atoms with Crippen LogP contribution in [-0.4, -0.2) is 81.7 Å². The number of nitrogens with one attached hydrogen (secondary N) is 3. The smallest absolute Gasteiger partial charge is 0.405 e. The number of nitrogens with zero attached hydrogens (tertiary/aromatic N) is 11. The number of benzene rings is 6. The highest BCUT2D eigenvalue weighted by Gasteiger charge is 2.51. The van der Waals surface area contributed by atoms with Crippen LogP contribution in [0.1, 0.15) is 117 Å². The fourth-order valence-corrected chi connectivity index (χ4v) is 13.7. The van der Waals surface area contributed by atoms with Crippen LogP contribution in [0.15, 0.2) is 219 Å². The van der Waals surface area contributed by atoms with Gasteiger partial charge in [0.25, 0.3) is 17.7 Å². The molecule has 588 valence electrons. The summed E-state index contributed by atoms with van der Waals surface area (Å²) in [5, 5.41) is 7.45. The van der Waals surface area contributed by atoms with E-state index in [-0.39, 0.29) is 57.9 Å². The minimum Gasteiger partial charge on any atom is -0.405 e. The number of rotatable bonds is 13. The van der Waals surface area contributed by atoms with Crippen LogP contribution in [0.5, 0.6) is 5.75 Å². The van der Waals surface area contributed by atoms with Crippen LogP contribution in [0, 0.1) is 26.6 Å². The molecule has 0 fully saturated rings. The van der Waals surface area contributed by atoms with E-state index >= 15 is 0 Å². The monoisotopic (exact) mass is 1580 g/mol. The van der Waals surface area contributed by atoms with Crippen molar-refractivity contribution in [1.82, 2.24) is 39.9 Å². The lowest BCUT2D eigenvalue weighted by Gasteiger charge is -2.20. The Balaban J connectivity index is 0.000000151. The number of anilines is 9. The summed E-state index contributed by atoms with van der Waals surface area (Å²) in [5.41, 5.74) is 0.167. The Kier molecular flexibility index (Phi) is 21.3. The summed E-state index contributed by atoms with van der Waals surface area (Å²) in [5.74, 6) is -4.01. The van der Waals surface area contributed by atoms with E-state index in [0.29, 0.717) is 73.1 Å². The van der Waals surface area contributed by atoms with Crippen molar-refractivity contribution >= 4 is 87.4 Å². The van der Waals surface area contributed by atoms with Gasteiger partial charge in [-0.05, 0) is 199 Å². The zero-order chi connectivity index (χ0) is 83.3. The molecule has 15 rings (SSSR count). The highest BCUT2D eigenvalue weighted by Crippen LogP contribution is 2.53. The molecule has 3 aliphatic heterocycles. The van der Waals surface area contributed by atoms with Gasteiger partial charge in [0.1, 0.15) is 28.9 Å². The maximum absolute atomic E-state index is 14.0.